The Morgan fingerprint density at radius 2 is 1.50 bits per heavy atom. The summed E-state index contributed by atoms with van der Waals surface area (Å²) in [6.45, 7) is 7.49. The number of carbonyl (C=O) groups is 1. The van der Waals surface area contributed by atoms with E-state index in [-0.39, 0.29) is 29.7 Å². The molecule has 140 valence electrons. The highest BCUT2D eigenvalue weighted by atomic mass is 35.5. The van der Waals surface area contributed by atoms with E-state index in [0.29, 0.717) is 6.61 Å². The molecule has 1 saturated carbocycles. The highest BCUT2D eigenvalue weighted by molar-refractivity contribution is 5.85. The van der Waals surface area contributed by atoms with Crippen molar-refractivity contribution >= 4 is 18.4 Å². The second kappa shape index (κ2) is 9.20. The summed E-state index contributed by atoms with van der Waals surface area (Å²) in [6.07, 6.45) is 0.825. The van der Waals surface area contributed by atoms with E-state index in [1.807, 2.05) is 36.4 Å². The Bertz CT molecular complexity index is 646. The molecule has 1 fully saturated rings. The third-order valence-corrected chi connectivity index (χ3v) is 5.37. The smallest absolute Gasteiger partial charge is 0.310 e. The lowest BCUT2D eigenvalue weighted by Crippen LogP contribution is -2.28. The van der Waals surface area contributed by atoms with E-state index < -0.39 is 0 Å². The zero-order chi connectivity index (χ0) is 17.7. The molecule has 0 heterocycles. The minimum atomic E-state index is -0.227. The van der Waals surface area contributed by atoms with Gasteiger partial charge in [0.05, 0.1) is 5.92 Å². The molecule has 3 nitrogen and oxygen atoms in total. The molecule has 2 aromatic carbocycles. The fourth-order valence-electron chi connectivity index (χ4n) is 3.74. The predicted octanol–water partition coefficient (Wildman–Crippen LogP) is 4.30. The molecule has 0 amide bonds. The van der Waals surface area contributed by atoms with Gasteiger partial charge in [-0.15, -0.1) is 12.4 Å². The van der Waals surface area contributed by atoms with E-state index in [1.54, 1.807) is 0 Å². The third-order valence-electron chi connectivity index (χ3n) is 5.37. The first-order valence-electron chi connectivity index (χ1n) is 9.22. The molecule has 3 rings (SSSR count). The van der Waals surface area contributed by atoms with Crippen LogP contribution in [0.4, 0.5) is 0 Å². The third kappa shape index (κ3) is 4.11. The number of carbonyl (C=O) groups excluding carboxylic acids is 1. The van der Waals surface area contributed by atoms with Gasteiger partial charge in [-0.25, -0.2) is 0 Å². The summed E-state index contributed by atoms with van der Waals surface area (Å²) >= 11 is 0. The van der Waals surface area contributed by atoms with Crippen molar-refractivity contribution < 1.29 is 9.53 Å². The zero-order valence-corrected chi connectivity index (χ0v) is 16.4. The molecule has 1 unspecified atom stereocenters. The van der Waals surface area contributed by atoms with Gasteiger partial charge in [-0.05, 0) is 30.6 Å². The van der Waals surface area contributed by atoms with Crippen LogP contribution in [-0.4, -0.2) is 37.1 Å². The molecular weight excluding hydrogens is 346 g/mol. The van der Waals surface area contributed by atoms with Crippen LogP contribution >= 0.6 is 12.4 Å². The molecule has 1 atom stereocenters. The van der Waals surface area contributed by atoms with Gasteiger partial charge in [0.2, 0.25) is 0 Å². The lowest BCUT2D eigenvalue weighted by Gasteiger charge is -2.20. The van der Waals surface area contributed by atoms with Crippen LogP contribution in [0.3, 0.4) is 0 Å². The average molecular weight is 374 g/mol. The number of ether oxygens (including phenoxy) is 1. The van der Waals surface area contributed by atoms with Gasteiger partial charge < -0.3 is 9.64 Å². The maximum Gasteiger partial charge on any atom is 0.310 e. The zero-order valence-electron chi connectivity index (χ0n) is 15.6. The normalized spacial score (nSPS) is 17.4. The summed E-state index contributed by atoms with van der Waals surface area (Å²) in [5, 5.41) is 0. The maximum atomic E-state index is 12.7. The van der Waals surface area contributed by atoms with Gasteiger partial charge in [0.25, 0.3) is 0 Å². The molecule has 1 aliphatic rings. The number of hydrogen-bond acceptors (Lipinski definition) is 3. The number of esters is 1. The predicted molar refractivity (Wildman–Crippen MR) is 108 cm³/mol. The maximum absolute atomic E-state index is 12.7. The number of halogens is 1. The fourth-order valence-corrected chi connectivity index (χ4v) is 3.74. The minimum absolute atomic E-state index is 0. The first kappa shape index (κ1) is 20.5. The fraction of sp³-hybridized carbons (Fsp3) is 0.409. The molecule has 26 heavy (non-hydrogen) atoms. The first-order valence-corrected chi connectivity index (χ1v) is 9.22. The topological polar surface area (TPSA) is 29.5 Å². The van der Waals surface area contributed by atoms with Gasteiger partial charge >= 0.3 is 5.97 Å². The van der Waals surface area contributed by atoms with Crippen molar-refractivity contribution in [3.63, 3.8) is 0 Å². The van der Waals surface area contributed by atoms with E-state index >= 15 is 0 Å². The Labute approximate surface area is 162 Å². The van der Waals surface area contributed by atoms with Crippen molar-refractivity contribution in [3.8, 4) is 0 Å². The Balaban J connectivity index is 0.00000243. The van der Waals surface area contributed by atoms with Gasteiger partial charge in [-0.2, -0.15) is 0 Å². The number of nitrogens with zero attached hydrogens (tertiary/aromatic N) is 1. The second-order valence-electron chi connectivity index (χ2n) is 6.65. The van der Waals surface area contributed by atoms with Crippen molar-refractivity contribution in [3.05, 3.63) is 71.8 Å². The molecule has 1 aliphatic carbocycles. The van der Waals surface area contributed by atoms with Crippen LogP contribution in [-0.2, 0) is 14.9 Å². The van der Waals surface area contributed by atoms with Gasteiger partial charge in [0, 0.05) is 12.0 Å². The summed E-state index contributed by atoms with van der Waals surface area (Å²) in [4.78, 5) is 15.0. The van der Waals surface area contributed by atoms with Crippen LogP contribution in [0.15, 0.2) is 60.7 Å². The van der Waals surface area contributed by atoms with Gasteiger partial charge in [-0.3, -0.25) is 4.79 Å². The molecule has 0 saturated heterocycles. The molecule has 0 bridgehead atoms. The Morgan fingerprint density at radius 3 is 1.96 bits per heavy atom. The van der Waals surface area contributed by atoms with Crippen LogP contribution in [0.2, 0.25) is 0 Å². The molecule has 0 radical (unpaired) electrons. The van der Waals surface area contributed by atoms with Gasteiger partial charge in [0.15, 0.2) is 0 Å². The van der Waals surface area contributed by atoms with Crippen LogP contribution in [0.25, 0.3) is 0 Å². The second-order valence-corrected chi connectivity index (χ2v) is 6.65. The van der Waals surface area contributed by atoms with E-state index in [0.717, 1.165) is 26.1 Å². The monoisotopic (exact) mass is 373 g/mol. The number of likely N-dealkylation sites (N-methyl/N-ethyl adjacent to an activating group) is 1. The van der Waals surface area contributed by atoms with Crippen molar-refractivity contribution in [1.82, 2.24) is 4.90 Å². The van der Waals surface area contributed by atoms with Gasteiger partial charge in [-0.1, -0.05) is 74.5 Å². The van der Waals surface area contributed by atoms with Gasteiger partial charge in [0.1, 0.15) is 6.61 Å². The molecule has 0 N–H and O–H groups in total. The highest BCUT2D eigenvalue weighted by Crippen LogP contribution is 2.59. The lowest BCUT2D eigenvalue weighted by atomic mass is 9.86. The first-order chi connectivity index (χ1) is 12.2. The summed E-state index contributed by atoms with van der Waals surface area (Å²) in [5.41, 5.74) is 2.17. The quantitative estimate of drug-likeness (QED) is 0.646. The molecule has 2 aromatic rings. The van der Waals surface area contributed by atoms with E-state index in [1.165, 1.54) is 11.1 Å². The Hall–Kier alpha value is -1.84. The van der Waals surface area contributed by atoms with Crippen LogP contribution in [0, 0.1) is 5.92 Å². The number of rotatable bonds is 8. The summed E-state index contributed by atoms with van der Waals surface area (Å²) in [7, 11) is 0. The average Bonchev–Trinajstić information content (AvgIpc) is 3.44. The van der Waals surface area contributed by atoms with E-state index in [9.17, 15) is 4.79 Å². The van der Waals surface area contributed by atoms with Crippen LogP contribution < -0.4 is 0 Å². The summed E-state index contributed by atoms with van der Waals surface area (Å²) in [5.74, 6) is -0.158. The minimum Gasteiger partial charge on any atom is -0.464 e. The Kier molecular flexibility index (Phi) is 7.24. The van der Waals surface area contributed by atoms with E-state index in [2.05, 4.69) is 43.0 Å². The van der Waals surface area contributed by atoms with Crippen LogP contribution in [0.1, 0.15) is 31.4 Å². The molecule has 0 spiro atoms. The van der Waals surface area contributed by atoms with Crippen molar-refractivity contribution in [1.29, 1.82) is 0 Å². The largest absolute Gasteiger partial charge is 0.464 e. The van der Waals surface area contributed by atoms with E-state index in [4.69, 9.17) is 4.74 Å². The number of hydrogen-bond donors (Lipinski definition) is 0. The van der Waals surface area contributed by atoms with Crippen molar-refractivity contribution in [2.24, 2.45) is 5.92 Å². The molecule has 4 heteroatoms. The highest BCUT2D eigenvalue weighted by Gasteiger charge is 2.61. The standard InChI is InChI=1S/C22H27NO2.ClH/c1-3-23(4-2)15-16-25-21(24)20-17-22(20,18-11-7-5-8-12-18)19-13-9-6-10-14-19;/h5-14,20H,3-4,15-17H2,1-2H3;1H. The lowest BCUT2D eigenvalue weighted by molar-refractivity contribution is -0.146. The number of benzene rings is 2. The summed E-state index contributed by atoms with van der Waals surface area (Å²) < 4.78 is 5.62. The van der Waals surface area contributed by atoms with Crippen molar-refractivity contribution in [2.75, 3.05) is 26.2 Å². The summed E-state index contributed by atoms with van der Waals surface area (Å²) in [6, 6.07) is 20.7. The molecular formula is C22H28ClNO2. The van der Waals surface area contributed by atoms with Crippen molar-refractivity contribution in [2.45, 2.75) is 25.7 Å². The van der Waals surface area contributed by atoms with Crippen LogP contribution in [0.5, 0.6) is 0 Å². The molecule has 0 aliphatic heterocycles. The molecule has 0 aromatic heterocycles. The SMILES string of the molecule is CCN(CC)CCOC(=O)C1CC1(c1ccccc1)c1ccccc1.Cl. The Morgan fingerprint density at radius 1 is 1.00 bits per heavy atom.